The topological polar surface area (TPSA) is 96.6 Å². The van der Waals surface area contributed by atoms with Gasteiger partial charge in [-0.25, -0.2) is 4.98 Å². The first-order chi connectivity index (χ1) is 9.80. The predicted octanol–water partition coefficient (Wildman–Crippen LogP) is 2.12. The zero-order chi connectivity index (χ0) is 14.1. The quantitative estimate of drug-likeness (QED) is 0.574. The van der Waals surface area contributed by atoms with E-state index in [-0.39, 0.29) is 11.3 Å². The van der Waals surface area contributed by atoms with Gasteiger partial charge in [-0.05, 0) is 11.6 Å². The third-order valence-corrected chi connectivity index (χ3v) is 3.11. The Morgan fingerprint density at radius 2 is 1.70 bits per heavy atom. The van der Waals surface area contributed by atoms with Crippen LogP contribution in [0.2, 0.25) is 0 Å². The first kappa shape index (κ1) is 11.6. The highest BCUT2D eigenvalue weighted by Gasteiger charge is 2.27. The summed E-state index contributed by atoms with van der Waals surface area (Å²) in [6.45, 7) is 0. The normalized spacial score (nSPS) is 12.9. The molecular weight excluding hydrogens is 250 g/mol. The molecule has 1 aliphatic rings. The Morgan fingerprint density at radius 3 is 2.35 bits per heavy atom. The van der Waals surface area contributed by atoms with Crippen molar-refractivity contribution in [1.29, 1.82) is 15.8 Å². The molecule has 0 amide bonds. The molecule has 0 bridgehead atoms. The van der Waals surface area contributed by atoms with Gasteiger partial charge in [-0.2, -0.15) is 20.8 Å². The number of nitriles is 3. The van der Waals surface area contributed by atoms with E-state index >= 15 is 0 Å². The predicted molar refractivity (Wildman–Crippen MR) is 70.4 cm³/mol. The van der Waals surface area contributed by atoms with Crippen LogP contribution in [0.4, 0.5) is 0 Å². The molecule has 90 valence electrons. The van der Waals surface area contributed by atoms with Crippen LogP contribution in [-0.2, 0) is 0 Å². The number of benzene rings is 1. The summed E-state index contributed by atoms with van der Waals surface area (Å²) in [5.41, 5.74) is 3.57. The first-order valence-corrected chi connectivity index (χ1v) is 5.72. The molecule has 3 rings (SSSR count). The lowest BCUT2D eigenvalue weighted by atomic mass is 10.1. The third kappa shape index (κ3) is 1.47. The largest absolute Gasteiger partial charge is 0.233 e. The molecule has 0 spiro atoms. The third-order valence-electron chi connectivity index (χ3n) is 3.11. The van der Waals surface area contributed by atoms with Gasteiger partial charge in [-0.3, -0.25) is 0 Å². The van der Waals surface area contributed by atoms with E-state index in [1.165, 1.54) is 0 Å². The zero-order valence-electron chi connectivity index (χ0n) is 10.1. The Morgan fingerprint density at radius 1 is 0.950 bits per heavy atom. The van der Waals surface area contributed by atoms with Crippen molar-refractivity contribution >= 4 is 5.71 Å². The van der Waals surface area contributed by atoms with Crippen LogP contribution in [0.3, 0.4) is 0 Å². The van der Waals surface area contributed by atoms with Crippen molar-refractivity contribution in [3.8, 4) is 29.5 Å². The Bertz CT molecular complexity index is 888. The summed E-state index contributed by atoms with van der Waals surface area (Å²) in [6.07, 6.45) is 1.76. The smallest absolute Gasteiger partial charge is 0.206 e. The monoisotopic (exact) mass is 255 g/mol. The van der Waals surface area contributed by atoms with Crippen LogP contribution in [0.15, 0.2) is 35.3 Å². The maximum Gasteiger partial charge on any atom is 0.206 e. The summed E-state index contributed by atoms with van der Waals surface area (Å²) in [4.78, 5) is 8.00. The summed E-state index contributed by atoms with van der Waals surface area (Å²) < 4.78 is 0. The molecule has 5 heteroatoms. The summed E-state index contributed by atoms with van der Waals surface area (Å²) in [7, 11) is 0. The molecule has 0 unspecified atom stereocenters. The van der Waals surface area contributed by atoms with E-state index in [1.807, 2.05) is 36.4 Å². The zero-order valence-corrected chi connectivity index (χ0v) is 10.1. The second-order valence-corrected chi connectivity index (χ2v) is 4.11. The van der Waals surface area contributed by atoms with Gasteiger partial charge < -0.3 is 0 Å². The molecule has 0 saturated heterocycles. The summed E-state index contributed by atoms with van der Waals surface area (Å²) >= 11 is 0. The first-order valence-electron chi connectivity index (χ1n) is 5.72. The van der Waals surface area contributed by atoms with Gasteiger partial charge in [-0.15, -0.1) is 0 Å². The number of hydrogen-bond acceptors (Lipinski definition) is 5. The summed E-state index contributed by atoms with van der Waals surface area (Å²) in [6, 6.07) is 12.9. The number of fused-ring (bicyclic) bond motifs is 3. The van der Waals surface area contributed by atoms with E-state index in [9.17, 15) is 0 Å². The average Bonchev–Trinajstić information content (AvgIpc) is 2.80. The van der Waals surface area contributed by atoms with Gasteiger partial charge in [0.15, 0.2) is 5.69 Å². The van der Waals surface area contributed by atoms with E-state index in [2.05, 4.69) is 9.98 Å². The van der Waals surface area contributed by atoms with Gasteiger partial charge in [0.1, 0.15) is 17.9 Å². The van der Waals surface area contributed by atoms with Gasteiger partial charge >= 0.3 is 0 Å². The van der Waals surface area contributed by atoms with Gasteiger partial charge in [0.2, 0.25) is 6.19 Å². The Kier molecular flexibility index (Phi) is 2.50. The average molecular weight is 255 g/mol. The molecule has 0 aliphatic heterocycles. The highest BCUT2D eigenvalue weighted by atomic mass is 14.8. The Balaban J connectivity index is 2.41. The minimum absolute atomic E-state index is 0.0460. The molecule has 5 nitrogen and oxygen atoms in total. The van der Waals surface area contributed by atoms with E-state index in [4.69, 9.17) is 15.8 Å². The maximum atomic E-state index is 9.07. The summed E-state index contributed by atoms with van der Waals surface area (Å²) in [5.74, 6) is 0. The number of aromatic nitrogens is 1. The Labute approximate surface area is 114 Å². The van der Waals surface area contributed by atoms with E-state index < -0.39 is 0 Å². The van der Waals surface area contributed by atoms with Crippen LogP contribution in [0, 0.1) is 34.1 Å². The lowest BCUT2D eigenvalue weighted by Crippen LogP contribution is -2.03. The molecule has 1 aromatic heterocycles. The lowest BCUT2D eigenvalue weighted by Gasteiger charge is -2.01. The van der Waals surface area contributed by atoms with E-state index in [0.717, 1.165) is 16.7 Å². The van der Waals surface area contributed by atoms with Crippen molar-refractivity contribution < 1.29 is 0 Å². The molecule has 1 heterocycles. The molecular formula is C15H5N5. The second-order valence-electron chi connectivity index (χ2n) is 4.11. The van der Waals surface area contributed by atoms with E-state index in [0.29, 0.717) is 11.4 Å². The number of hydrogen-bond donors (Lipinski definition) is 0. The highest BCUT2D eigenvalue weighted by Crippen LogP contribution is 2.36. The second kappa shape index (κ2) is 4.31. The van der Waals surface area contributed by atoms with E-state index in [1.54, 1.807) is 12.3 Å². The minimum Gasteiger partial charge on any atom is -0.233 e. The minimum atomic E-state index is 0.0460. The lowest BCUT2D eigenvalue weighted by molar-refractivity contribution is 1.23. The van der Waals surface area contributed by atoms with Crippen molar-refractivity contribution in [2.75, 3.05) is 0 Å². The van der Waals surface area contributed by atoms with Crippen LogP contribution in [-0.4, -0.2) is 10.7 Å². The van der Waals surface area contributed by atoms with Crippen molar-refractivity contribution in [3.63, 3.8) is 0 Å². The van der Waals surface area contributed by atoms with Crippen LogP contribution in [0.5, 0.6) is 0 Å². The highest BCUT2D eigenvalue weighted by molar-refractivity contribution is 6.23. The Hall–Kier alpha value is -3.49. The molecule has 1 aliphatic carbocycles. The molecule has 0 N–H and O–H groups in total. The van der Waals surface area contributed by atoms with Crippen LogP contribution in [0.1, 0.15) is 22.5 Å². The van der Waals surface area contributed by atoms with Crippen LogP contribution >= 0.6 is 0 Å². The van der Waals surface area contributed by atoms with Crippen molar-refractivity contribution in [2.45, 2.75) is 0 Å². The standard InChI is InChI=1S/C15H5N5/c16-6-9-5-12-10-3-1-2-4-11(10)14(19-8-18)15(12)20-13(9)7-17/h1-5H. The SMILES string of the molecule is N#CN=C1c2ccccc2-c2cc(C#N)c(C#N)nc21. The number of aliphatic imine (C=N–C) groups is 1. The van der Waals surface area contributed by atoms with Gasteiger partial charge in [0, 0.05) is 11.1 Å². The van der Waals surface area contributed by atoms with Crippen molar-refractivity contribution in [1.82, 2.24) is 4.98 Å². The fraction of sp³-hybridized carbons (Fsp3) is 0. The molecule has 0 fully saturated rings. The summed E-state index contributed by atoms with van der Waals surface area (Å²) in [5, 5.41) is 26.9. The van der Waals surface area contributed by atoms with Crippen molar-refractivity contribution in [3.05, 3.63) is 52.8 Å². The molecule has 2 aromatic rings. The fourth-order valence-electron chi connectivity index (χ4n) is 2.28. The number of rotatable bonds is 0. The van der Waals surface area contributed by atoms with Crippen molar-refractivity contribution in [2.24, 2.45) is 4.99 Å². The van der Waals surface area contributed by atoms with Crippen LogP contribution in [0.25, 0.3) is 11.1 Å². The molecule has 0 atom stereocenters. The van der Waals surface area contributed by atoms with Gasteiger partial charge in [0.05, 0.1) is 11.3 Å². The fourth-order valence-corrected chi connectivity index (χ4v) is 2.28. The van der Waals surface area contributed by atoms with Gasteiger partial charge in [-0.1, -0.05) is 24.3 Å². The molecule has 0 saturated carbocycles. The number of pyridine rings is 1. The number of nitrogens with zero attached hydrogens (tertiary/aromatic N) is 5. The molecule has 0 radical (unpaired) electrons. The van der Waals surface area contributed by atoms with Crippen LogP contribution < -0.4 is 0 Å². The molecule has 20 heavy (non-hydrogen) atoms. The van der Waals surface area contributed by atoms with Gasteiger partial charge in [0.25, 0.3) is 0 Å². The molecule has 1 aromatic carbocycles. The maximum absolute atomic E-state index is 9.07.